The van der Waals surface area contributed by atoms with Crippen LogP contribution in [0.2, 0.25) is 0 Å². The number of amides is 7. The molecule has 6 saturated carbocycles. The molecular weight excluding hydrogens is 2100 g/mol. The van der Waals surface area contributed by atoms with Gasteiger partial charge in [0.2, 0.25) is 30.2 Å². The van der Waals surface area contributed by atoms with E-state index in [-0.39, 0.29) is 132 Å². The van der Waals surface area contributed by atoms with Crippen LogP contribution in [0.5, 0.6) is 5.75 Å². The molecule has 6 aliphatic heterocycles. The van der Waals surface area contributed by atoms with Crippen molar-refractivity contribution in [3.8, 4) is 5.75 Å². The number of anilines is 3. The van der Waals surface area contributed by atoms with Gasteiger partial charge in [-0.25, -0.2) is 45.5 Å². The number of nitrogens with one attached hydrogen (secondary N) is 2. The number of carbonyl (C=O) groups is 10. The maximum absolute atomic E-state index is 13.5. The number of ketones is 1. The predicted molar refractivity (Wildman–Crippen MR) is 515 cm³/mol. The first-order chi connectivity index (χ1) is 65.1. The van der Waals surface area contributed by atoms with E-state index in [4.69, 9.17) is 33.8 Å². The van der Waals surface area contributed by atoms with Gasteiger partial charge in [-0.2, -0.15) is 15.3 Å². The summed E-state index contributed by atoms with van der Waals surface area (Å²) in [6.07, 6.45) is 26.8. The van der Waals surface area contributed by atoms with E-state index in [9.17, 15) is 84.4 Å². The molecule has 2 N–H and O–H groups in total. The fourth-order valence-electron chi connectivity index (χ4n) is 17.5. The Morgan fingerprint density at radius 1 is 0.590 bits per heavy atom. The molecule has 43 heteroatoms. The minimum absolute atomic E-state index is 0. The van der Waals surface area contributed by atoms with Crippen LogP contribution in [0.1, 0.15) is 247 Å². The van der Waals surface area contributed by atoms with Gasteiger partial charge in [0.25, 0.3) is 0 Å². The van der Waals surface area contributed by atoms with Gasteiger partial charge in [0.15, 0.2) is 42.0 Å². The fourth-order valence-corrected chi connectivity index (χ4v) is 18.1. The molecule has 768 valence electrons. The normalized spacial score (nSPS) is 19.4. The second-order valence-electron chi connectivity index (χ2n) is 38.7. The Balaban J connectivity index is 0.000000201. The monoisotopic (exact) mass is 2230 g/mol. The molecule has 0 radical (unpaired) electrons. The first kappa shape index (κ1) is 114. The van der Waals surface area contributed by atoms with Crippen LogP contribution in [-0.4, -0.2) is 189 Å². The number of hydrogen-bond acceptors (Lipinski definition) is 22. The molecule has 3 aromatic carbocycles. The number of halogens is 8. The van der Waals surface area contributed by atoms with Crippen LogP contribution in [0, 0.1) is 80.4 Å². The van der Waals surface area contributed by atoms with Gasteiger partial charge in [-0.15, -0.1) is 0 Å². The predicted octanol–water partition coefficient (Wildman–Crippen LogP) is 18.3. The van der Waals surface area contributed by atoms with Gasteiger partial charge in [0.1, 0.15) is 22.7 Å². The summed E-state index contributed by atoms with van der Waals surface area (Å²) in [6.45, 7) is 26.8. The minimum atomic E-state index is -1.60. The van der Waals surface area contributed by atoms with Gasteiger partial charge >= 0.3 is 63.3 Å². The zero-order valence-corrected chi connectivity index (χ0v) is 85.1. The van der Waals surface area contributed by atoms with E-state index in [1.54, 1.807) is 83.5 Å². The van der Waals surface area contributed by atoms with Crippen LogP contribution < -0.4 is 25.2 Å². The number of Topliss-reactive ketones (excluding diaryl/α,β-unsaturated/α-hetero) is 1. The number of nitro groups is 2. The van der Waals surface area contributed by atoms with Crippen molar-refractivity contribution in [2.24, 2.45) is 21.7 Å². The SMILES string of the molecule is C.CCOC(=O)C=C1CCC1.CCOC(=O)CC1(C[N+](=O)[O-])CCC1.C[C@H]1Cn2ncc(I)c2CN1C(=O)OC(C)(C)C.C[C@H]1Cn2ncc(N3CC4(CCC4)CC3=O)c2CN1C(=O)Cc1cc(F)c(F)c(F)c1.C[C@H]1Cn2ncc(N3CC4(CCC4)CC3=O)c2CN1C(=O)OC(C)(C)C.C[N+](=O)[O-].O=C(Nc1cc(F)c(F)c(F)c1)Oc1ccccc1.O=C1CC2(CCC2)CN1.O=C1CCC1.[Cu][I]. The van der Waals surface area contributed by atoms with Crippen LogP contribution >= 0.6 is 42.9 Å². The molecule has 3 atom stereocenters. The molecule has 12 aliphatic rings. The summed E-state index contributed by atoms with van der Waals surface area (Å²) >= 11 is 8.12. The Morgan fingerprint density at radius 2 is 1.01 bits per heavy atom. The number of esters is 2. The zero-order chi connectivity index (χ0) is 102. The second-order valence-corrected chi connectivity index (χ2v) is 39.9. The summed E-state index contributed by atoms with van der Waals surface area (Å²) < 4.78 is 111. The molecular formula is C96H128CuF6I2N15O19. The average Bonchev–Trinajstić information content (AvgIpc) is 1.60. The van der Waals surface area contributed by atoms with Crippen LogP contribution in [0.4, 0.5) is 57.8 Å². The van der Waals surface area contributed by atoms with Gasteiger partial charge in [0, 0.05) is 91.3 Å². The van der Waals surface area contributed by atoms with Gasteiger partial charge in [-0.3, -0.25) is 78.2 Å². The van der Waals surface area contributed by atoms with Crippen molar-refractivity contribution in [1.29, 1.82) is 0 Å². The molecule has 3 saturated heterocycles. The van der Waals surface area contributed by atoms with Gasteiger partial charge in [-0.1, -0.05) is 56.9 Å². The van der Waals surface area contributed by atoms with E-state index in [1.165, 1.54) is 49.8 Å². The molecule has 34 nitrogen and oxygen atoms in total. The quantitative estimate of drug-likeness (QED) is 0.0125. The summed E-state index contributed by atoms with van der Waals surface area (Å²) in [4.78, 5) is 144. The zero-order valence-electron chi connectivity index (χ0n) is 79.9. The van der Waals surface area contributed by atoms with Crippen molar-refractivity contribution < 1.29 is 121 Å². The summed E-state index contributed by atoms with van der Waals surface area (Å²) in [5.41, 5.74) is 4.76. The standard InChI is InChI=1S/C22H23F3N4O2.C19H28N4O3.C13H8F3NO2.C12H18IN3O2.C9H15NO4.C8H12O2.C7H11NO.C4H6O.CH3NO2.CH4.Cu.HI/c1-13-10-29-18(17(9-26-29)28-12-22(3-2-4-22)8-20(28)31)11-27(13)19(30)7-14-5-15(23)21(25)16(24)6-14;1-13-10-23-15(11-21(13)17(25)26-18(2,3)4)14(9-20-23)22-12-19(6-5-7-19)8-16(22)24;14-10-6-8(7-11(15)12(10)16)17-13(18)19-9-4-2-1-3-5-9;1-8-6-16-10(9(13)5-14-16)7-15(8)11(17)18-12(2,3)4;1-2-14-8(11)6-9(4-3-5-9)7-10(12)13;1-2-10-8(9)6-7-4-3-5-7;9-6-4-7(5-8-6)2-1-3-7;5-4-2-1-3-4;1-2(3)4;;;/h5-6,9,13H,2-4,7-8,10-12H2,1H3;9,13H,5-8,10-12H2,1-4H3;1-7H,(H,17,18);5,8H,6-7H2,1-4H3;2-7H2,1H3;6H,2-5H2,1H3;1-5H2,(H,8,9);1-3H2;1H3;1H4;;1H/q;;;;;;;;;;+1;/p-1/t2*13-;;8-;;;;;;;;/m00.0......../s1. The number of aromatic nitrogens is 6. The summed E-state index contributed by atoms with van der Waals surface area (Å²) in [7, 11) is 0.889. The molecule has 9 fully saturated rings. The number of rotatable bonds is 13. The number of fused-ring (bicyclic) bond motifs is 3. The van der Waals surface area contributed by atoms with Crippen molar-refractivity contribution in [3.05, 3.63) is 166 Å². The summed E-state index contributed by atoms with van der Waals surface area (Å²) in [5, 5.41) is 37.4. The average molecular weight is 2230 g/mol. The van der Waals surface area contributed by atoms with Crippen LogP contribution in [0.3, 0.4) is 0 Å². The Morgan fingerprint density at radius 3 is 1.37 bits per heavy atom. The van der Waals surface area contributed by atoms with Crippen molar-refractivity contribution in [1.82, 2.24) is 49.4 Å². The molecule has 0 unspecified atom stereocenters. The molecule has 9 heterocycles. The first-order valence-electron chi connectivity index (χ1n) is 46.2. The Kier molecular flexibility index (Phi) is 41.7. The Bertz CT molecular complexity index is 5300. The van der Waals surface area contributed by atoms with Gasteiger partial charge < -0.3 is 43.7 Å². The number of carbonyl (C=O) groups excluding carboxylic acids is 10. The third-order valence-electron chi connectivity index (χ3n) is 25.7. The van der Waals surface area contributed by atoms with Crippen LogP contribution in [0.15, 0.2) is 84.8 Å². The Hall–Kier alpha value is -10.3. The molecule has 6 aliphatic carbocycles. The molecule has 18 rings (SSSR count). The fraction of sp³-hybridized carbons (Fsp3) is 0.594. The van der Waals surface area contributed by atoms with Gasteiger partial charge in [0.05, 0.1) is 134 Å². The number of ether oxygens (including phenoxy) is 5. The van der Waals surface area contributed by atoms with E-state index < -0.39 is 62.5 Å². The van der Waals surface area contributed by atoms with Crippen LogP contribution in [-0.2, 0) is 111 Å². The van der Waals surface area contributed by atoms with E-state index in [0.29, 0.717) is 82.1 Å². The molecule has 3 spiro atoms. The van der Waals surface area contributed by atoms with Crippen molar-refractivity contribution >= 4 is 120 Å². The summed E-state index contributed by atoms with van der Waals surface area (Å²) in [5.74, 6) is -8.14. The molecule has 3 aromatic heterocycles. The maximum atomic E-state index is 13.5. The van der Waals surface area contributed by atoms with E-state index >= 15 is 0 Å². The second kappa shape index (κ2) is 50.9. The van der Waals surface area contributed by atoms with Crippen LogP contribution in [0.25, 0.3) is 0 Å². The number of hydrogen-bond donors (Lipinski definition) is 2. The van der Waals surface area contributed by atoms with E-state index in [0.717, 1.165) is 161 Å². The Labute approximate surface area is 838 Å². The topological polar surface area (TPSA) is 397 Å². The van der Waals surface area contributed by atoms with Gasteiger partial charge in [-0.05, 0) is 222 Å². The first-order valence-corrected chi connectivity index (χ1v) is 50.4. The van der Waals surface area contributed by atoms with Crippen molar-refractivity contribution in [2.45, 2.75) is 300 Å². The number of para-hydroxylation sites is 1. The van der Waals surface area contributed by atoms with E-state index in [1.807, 2.05) is 94.4 Å². The molecule has 7 amide bonds. The number of benzene rings is 3. The third kappa shape index (κ3) is 32.4. The number of allylic oxidation sites excluding steroid dienone is 1. The number of nitrogens with zero attached hydrogens (tertiary/aromatic N) is 13. The molecule has 0 bridgehead atoms. The van der Waals surface area contributed by atoms with Crippen molar-refractivity contribution in [3.63, 3.8) is 0 Å². The molecule has 139 heavy (non-hydrogen) atoms. The molecule has 6 aromatic rings. The van der Waals surface area contributed by atoms with Crippen molar-refractivity contribution in [2.75, 3.05) is 61.6 Å². The van der Waals surface area contributed by atoms with E-state index in [2.05, 4.69) is 61.3 Å². The third-order valence-corrected chi connectivity index (χ3v) is 26.6. The summed E-state index contributed by atoms with van der Waals surface area (Å²) in [6, 6.07) is 11.0.